The van der Waals surface area contributed by atoms with E-state index in [1.54, 1.807) is 12.1 Å². The van der Waals surface area contributed by atoms with Crippen LogP contribution < -0.4 is 5.32 Å². The highest BCUT2D eigenvalue weighted by molar-refractivity contribution is 5.17. The molecule has 1 fully saturated rings. The van der Waals surface area contributed by atoms with Crippen LogP contribution in [0.5, 0.6) is 0 Å². The molecule has 1 aromatic carbocycles. The molecule has 2 rings (SSSR count). The number of piperidine rings is 1. The fourth-order valence-corrected chi connectivity index (χ4v) is 2.78. The monoisotopic (exact) mass is 264 g/mol. The molecule has 106 valence electrons. The van der Waals surface area contributed by atoms with E-state index in [4.69, 9.17) is 0 Å². The Bertz CT molecular complexity index is 371. The van der Waals surface area contributed by atoms with Crippen LogP contribution in [0, 0.1) is 11.7 Å². The van der Waals surface area contributed by atoms with E-state index in [0.29, 0.717) is 6.04 Å². The number of nitrogens with zero attached hydrogens (tertiary/aromatic N) is 1. The van der Waals surface area contributed by atoms with Gasteiger partial charge in [0, 0.05) is 12.6 Å². The molecule has 1 aliphatic heterocycles. The van der Waals surface area contributed by atoms with Gasteiger partial charge in [0.2, 0.25) is 0 Å². The van der Waals surface area contributed by atoms with E-state index < -0.39 is 0 Å². The van der Waals surface area contributed by atoms with Gasteiger partial charge >= 0.3 is 0 Å². The summed E-state index contributed by atoms with van der Waals surface area (Å²) in [6, 6.07) is 7.37. The van der Waals surface area contributed by atoms with Gasteiger partial charge in [0.25, 0.3) is 0 Å². The lowest BCUT2D eigenvalue weighted by atomic mass is 9.98. The van der Waals surface area contributed by atoms with Crippen LogP contribution >= 0.6 is 0 Å². The topological polar surface area (TPSA) is 15.3 Å². The molecular weight excluding hydrogens is 239 g/mol. The van der Waals surface area contributed by atoms with E-state index in [2.05, 4.69) is 24.2 Å². The number of benzene rings is 1. The minimum Gasteiger partial charge on any atom is -0.316 e. The lowest BCUT2D eigenvalue weighted by Crippen LogP contribution is -2.40. The van der Waals surface area contributed by atoms with Crippen LogP contribution in [0.4, 0.5) is 4.39 Å². The van der Waals surface area contributed by atoms with Crippen LogP contribution in [-0.2, 0) is 6.42 Å². The van der Waals surface area contributed by atoms with Crippen molar-refractivity contribution in [2.45, 2.75) is 32.2 Å². The molecule has 1 aliphatic rings. The standard InChI is InChI=1S/C16H25FN2/c1-13(10-14-5-7-16(17)8-6-14)19(2)12-15-4-3-9-18-11-15/h5-8,13,15,18H,3-4,9-12H2,1-2H3. The molecule has 0 saturated carbocycles. The highest BCUT2D eigenvalue weighted by atomic mass is 19.1. The van der Waals surface area contributed by atoms with Gasteiger partial charge in [0.1, 0.15) is 5.82 Å². The lowest BCUT2D eigenvalue weighted by Gasteiger charge is -2.31. The molecule has 2 unspecified atom stereocenters. The molecule has 0 spiro atoms. The first-order valence-electron chi connectivity index (χ1n) is 7.30. The summed E-state index contributed by atoms with van der Waals surface area (Å²) >= 11 is 0. The molecule has 1 heterocycles. The molecule has 0 radical (unpaired) electrons. The fraction of sp³-hybridized carbons (Fsp3) is 0.625. The summed E-state index contributed by atoms with van der Waals surface area (Å²) in [4.78, 5) is 2.43. The third-order valence-corrected chi connectivity index (χ3v) is 4.14. The predicted molar refractivity (Wildman–Crippen MR) is 77.8 cm³/mol. The van der Waals surface area contributed by atoms with E-state index in [1.807, 2.05) is 12.1 Å². The number of halogens is 1. The number of hydrogen-bond acceptors (Lipinski definition) is 2. The zero-order valence-corrected chi connectivity index (χ0v) is 12.0. The van der Waals surface area contributed by atoms with E-state index in [0.717, 1.165) is 25.4 Å². The molecule has 3 heteroatoms. The maximum absolute atomic E-state index is 12.9. The van der Waals surface area contributed by atoms with Gasteiger partial charge < -0.3 is 10.2 Å². The van der Waals surface area contributed by atoms with Crippen molar-refractivity contribution < 1.29 is 4.39 Å². The summed E-state index contributed by atoms with van der Waals surface area (Å²) in [6.07, 6.45) is 3.61. The molecule has 1 saturated heterocycles. The van der Waals surface area contributed by atoms with Gasteiger partial charge in [-0.3, -0.25) is 0 Å². The summed E-state index contributed by atoms with van der Waals surface area (Å²) in [6.45, 7) is 5.72. The third kappa shape index (κ3) is 4.59. The van der Waals surface area contributed by atoms with Gasteiger partial charge in [-0.15, -0.1) is 0 Å². The van der Waals surface area contributed by atoms with Crippen LogP contribution in [0.2, 0.25) is 0 Å². The van der Waals surface area contributed by atoms with Crippen LogP contribution in [0.3, 0.4) is 0 Å². The molecule has 1 N–H and O–H groups in total. The Labute approximate surface area is 116 Å². The van der Waals surface area contributed by atoms with Crippen LogP contribution in [-0.4, -0.2) is 37.6 Å². The van der Waals surface area contributed by atoms with Crippen molar-refractivity contribution >= 4 is 0 Å². The van der Waals surface area contributed by atoms with Gasteiger partial charge in [0.05, 0.1) is 0 Å². The summed E-state index contributed by atoms with van der Waals surface area (Å²) in [5.41, 5.74) is 1.21. The summed E-state index contributed by atoms with van der Waals surface area (Å²) in [5.74, 6) is 0.618. The summed E-state index contributed by atoms with van der Waals surface area (Å²) < 4.78 is 12.9. The largest absolute Gasteiger partial charge is 0.316 e. The Balaban J connectivity index is 1.81. The van der Waals surface area contributed by atoms with Crippen molar-refractivity contribution in [3.63, 3.8) is 0 Å². The highest BCUT2D eigenvalue weighted by Gasteiger charge is 2.18. The van der Waals surface area contributed by atoms with E-state index in [1.165, 1.54) is 24.9 Å². The van der Waals surface area contributed by atoms with Crippen molar-refractivity contribution in [2.24, 2.45) is 5.92 Å². The van der Waals surface area contributed by atoms with Crippen molar-refractivity contribution in [3.8, 4) is 0 Å². The highest BCUT2D eigenvalue weighted by Crippen LogP contribution is 2.14. The van der Waals surface area contributed by atoms with E-state index in [9.17, 15) is 4.39 Å². The van der Waals surface area contributed by atoms with Crippen molar-refractivity contribution in [1.29, 1.82) is 0 Å². The third-order valence-electron chi connectivity index (χ3n) is 4.14. The molecule has 2 nitrogen and oxygen atoms in total. The Hall–Kier alpha value is -0.930. The number of nitrogens with one attached hydrogen (secondary N) is 1. The quantitative estimate of drug-likeness (QED) is 0.879. The zero-order valence-electron chi connectivity index (χ0n) is 12.0. The average Bonchev–Trinajstić information content (AvgIpc) is 2.42. The maximum atomic E-state index is 12.9. The van der Waals surface area contributed by atoms with Crippen molar-refractivity contribution in [2.75, 3.05) is 26.7 Å². The van der Waals surface area contributed by atoms with Crippen LogP contribution in [0.25, 0.3) is 0 Å². The maximum Gasteiger partial charge on any atom is 0.123 e. The number of likely N-dealkylation sites (N-methyl/N-ethyl adjacent to an activating group) is 1. The Morgan fingerprint density at radius 3 is 2.74 bits per heavy atom. The van der Waals surface area contributed by atoms with Gasteiger partial charge in [0.15, 0.2) is 0 Å². The molecule has 2 atom stereocenters. The van der Waals surface area contributed by atoms with Crippen molar-refractivity contribution in [1.82, 2.24) is 10.2 Å². The average molecular weight is 264 g/mol. The van der Waals surface area contributed by atoms with Gasteiger partial charge in [-0.05, 0) is 69.9 Å². The first-order valence-corrected chi connectivity index (χ1v) is 7.30. The first-order chi connectivity index (χ1) is 9.15. The van der Waals surface area contributed by atoms with Crippen LogP contribution in [0.1, 0.15) is 25.3 Å². The lowest BCUT2D eigenvalue weighted by molar-refractivity contribution is 0.197. The number of rotatable bonds is 5. The molecule has 19 heavy (non-hydrogen) atoms. The van der Waals surface area contributed by atoms with E-state index in [-0.39, 0.29) is 5.82 Å². The van der Waals surface area contributed by atoms with Crippen molar-refractivity contribution in [3.05, 3.63) is 35.6 Å². The molecular formula is C16H25FN2. The SMILES string of the molecule is CC(Cc1ccc(F)cc1)N(C)CC1CCCNC1. The minimum atomic E-state index is -0.155. The first kappa shape index (κ1) is 14.5. The minimum absolute atomic E-state index is 0.155. The Morgan fingerprint density at radius 1 is 1.37 bits per heavy atom. The fourth-order valence-electron chi connectivity index (χ4n) is 2.78. The normalized spacial score (nSPS) is 21.6. The van der Waals surface area contributed by atoms with Gasteiger partial charge in [-0.1, -0.05) is 12.1 Å². The predicted octanol–water partition coefficient (Wildman–Crippen LogP) is 2.69. The van der Waals surface area contributed by atoms with Gasteiger partial charge in [-0.2, -0.15) is 0 Å². The number of hydrogen-bond donors (Lipinski definition) is 1. The molecule has 0 amide bonds. The molecule has 0 bridgehead atoms. The zero-order chi connectivity index (χ0) is 13.7. The smallest absolute Gasteiger partial charge is 0.123 e. The molecule has 0 aromatic heterocycles. The van der Waals surface area contributed by atoms with Gasteiger partial charge in [-0.25, -0.2) is 4.39 Å². The molecule has 0 aliphatic carbocycles. The second kappa shape index (κ2) is 7.01. The Kier molecular flexibility index (Phi) is 5.34. The summed E-state index contributed by atoms with van der Waals surface area (Å²) in [7, 11) is 2.20. The molecule has 1 aromatic rings. The van der Waals surface area contributed by atoms with Crippen LogP contribution in [0.15, 0.2) is 24.3 Å². The van der Waals surface area contributed by atoms with E-state index >= 15 is 0 Å². The second-order valence-electron chi connectivity index (χ2n) is 5.83. The Morgan fingerprint density at radius 2 is 2.11 bits per heavy atom. The second-order valence-corrected chi connectivity index (χ2v) is 5.83. The summed E-state index contributed by atoms with van der Waals surface area (Å²) in [5, 5.41) is 3.47.